The fourth-order valence-electron chi connectivity index (χ4n) is 1.20. The number of halogens is 1. The Hall–Kier alpha value is -1.34. The number of carbonyl (C=O) groups is 1. The summed E-state index contributed by atoms with van der Waals surface area (Å²) in [7, 11) is 1.81. The molecule has 0 atom stereocenters. The van der Waals surface area contributed by atoms with Crippen molar-refractivity contribution in [2.45, 2.75) is 6.54 Å². The summed E-state index contributed by atoms with van der Waals surface area (Å²) in [5, 5.41) is 8.39. The van der Waals surface area contributed by atoms with Crippen molar-refractivity contribution in [2.75, 3.05) is 12.4 Å². The van der Waals surface area contributed by atoms with E-state index in [1.54, 1.807) is 12.1 Å². The Kier molecular flexibility index (Phi) is 3.80. The lowest BCUT2D eigenvalue weighted by Crippen LogP contribution is -2.22. The van der Waals surface area contributed by atoms with Crippen molar-refractivity contribution < 1.29 is 9.21 Å². The predicted octanol–water partition coefficient (Wildman–Crippen LogP) is 2.47. The van der Waals surface area contributed by atoms with Crippen LogP contribution in [0.3, 0.4) is 0 Å². The number of furan rings is 1. The minimum absolute atomic E-state index is 0.255. The molecule has 0 aliphatic heterocycles. The first kappa shape index (κ1) is 12.1. The van der Waals surface area contributed by atoms with Gasteiger partial charge in [-0.15, -0.1) is 11.3 Å². The highest BCUT2D eigenvalue weighted by Crippen LogP contribution is 2.15. The first-order valence-electron chi connectivity index (χ1n) is 4.84. The van der Waals surface area contributed by atoms with Gasteiger partial charge in [0.2, 0.25) is 0 Å². The molecular formula is C10H10BrN3O2S. The number of carbonyl (C=O) groups excluding carboxylic acids is 1. The van der Waals surface area contributed by atoms with Crippen LogP contribution < -0.4 is 10.6 Å². The van der Waals surface area contributed by atoms with E-state index in [1.165, 1.54) is 11.3 Å². The Morgan fingerprint density at radius 1 is 1.59 bits per heavy atom. The zero-order valence-electron chi connectivity index (χ0n) is 8.99. The third-order valence-electron chi connectivity index (χ3n) is 1.99. The topological polar surface area (TPSA) is 67.2 Å². The van der Waals surface area contributed by atoms with Crippen molar-refractivity contribution in [1.82, 2.24) is 10.3 Å². The summed E-state index contributed by atoms with van der Waals surface area (Å²) in [5.41, 5.74) is 0.818. The van der Waals surface area contributed by atoms with Gasteiger partial charge in [0.05, 0.1) is 12.2 Å². The predicted molar refractivity (Wildman–Crippen MR) is 69.2 cm³/mol. The molecule has 1 amide bonds. The molecule has 0 radical (unpaired) electrons. The molecule has 0 spiro atoms. The molecule has 0 saturated carbocycles. The first-order valence-corrected chi connectivity index (χ1v) is 6.52. The van der Waals surface area contributed by atoms with Crippen LogP contribution in [0.4, 0.5) is 5.13 Å². The smallest absolute Gasteiger partial charge is 0.287 e. The van der Waals surface area contributed by atoms with E-state index in [2.05, 4.69) is 31.5 Å². The number of aromatic nitrogens is 1. The molecule has 0 aliphatic carbocycles. The normalized spacial score (nSPS) is 10.2. The lowest BCUT2D eigenvalue weighted by atomic mass is 10.4. The largest absolute Gasteiger partial charge is 0.444 e. The molecular weight excluding hydrogens is 306 g/mol. The van der Waals surface area contributed by atoms with Gasteiger partial charge in [-0.2, -0.15) is 0 Å². The van der Waals surface area contributed by atoms with Crippen molar-refractivity contribution >= 4 is 38.3 Å². The van der Waals surface area contributed by atoms with Crippen LogP contribution in [0.25, 0.3) is 0 Å². The molecule has 0 aromatic carbocycles. The standard InChI is InChI=1S/C10H10BrN3O2S/c1-12-10-14-6(5-17-10)4-13-9(15)7-2-3-8(11)16-7/h2-3,5H,4H2,1H3,(H,12,14)(H,13,15). The van der Waals surface area contributed by atoms with Crippen molar-refractivity contribution in [1.29, 1.82) is 0 Å². The van der Waals surface area contributed by atoms with E-state index in [9.17, 15) is 4.79 Å². The summed E-state index contributed by atoms with van der Waals surface area (Å²) >= 11 is 4.64. The van der Waals surface area contributed by atoms with Gasteiger partial charge in [0.1, 0.15) is 0 Å². The first-order chi connectivity index (χ1) is 8.19. The van der Waals surface area contributed by atoms with Gasteiger partial charge in [0, 0.05) is 12.4 Å². The van der Waals surface area contributed by atoms with Crippen LogP contribution in [0.1, 0.15) is 16.2 Å². The lowest BCUT2D eigenvalue weighted by molar-refractivity contribution is 0.0921. The maximum atomic E-state index is 11.6. The number of amides is 1. The Morgan fingerprint density at radius 3 is 3.00 bits per heavy atom. The number of nitrogens with zero attached hydrogens (tertiary/aromatic N) is 1. The number of rotatable bonds is 4. The van der Waals surface area contributed by atoms with Gasteiger partial charge in [-0.3, -0.25) is 4.79 Å². The molecule has 2 aromatic rings. The highest BCUT2D eigenvalue weighted by Gasteiger charge is 2.10. The van der Waals surface area contributed by atoms with E-state index in [0.29, 0.717) is 11.2 Å². The van der Waals surface area contributed by atoms with E-state index >= 15 is 0 Å². The molecule has 0 fully saturated rings. The molecule has 7 heteroatoms. The van der Waals surface area contributed by atoms with Gasteiger partial charge in [0.25, 0.3) is 5.91 Å². The molecule has 0 aliphatic rings. The second-order valence-electron chi connectivity index (χ2n) is 3.18. The molecule has 2 N–H and O–H groups in total. The van der Waals surface area contributed by atoms with Crippen LogP contribution in [0.2, 0.25) is 0 Å². The third-order valence-corrected chi connectivity index (χ3v) is 3.33. The second-order valence-corrected chi connectivity index (χ2v) is 4.82. The zero-order valence-corrected chi connectivity index (χ0v) is 11.4. The van der Waals surface area contributed by atoms with Crippen molar-refractivity contribution in [3.05, 3.63) is 33.6 Å². The highest BCUT2D eigenvalue weighted by molar-refractivity contribution is 9.10. The monoisotopic (exact) mass is 315 g/mol. The maximum Gasteiger partial charge on any atom is 0.287 e. The third kappa shape index (κ3) is 3.07. The van der Waals surface area contributed by atoms with E-state index < -0.39 is 0 Å². The minimum Gasteiger partial charge on any atom is -0.444 e. The molecule has 90 valence electrons. The summed E-state index contributed by atoms with van der Waals surface area (Å²) in [4.78, 5) is 15.9. The average Bonchev–Trinajstić information content (AvgIpc) is 2.94. The highest BCUT2D eigenvalue weighted by atomic mass is 79.9. The van der Waals surface area contributed by atoms with E-state index in [4.69, 9.17) is 4.42 Å². The quantitative estimate of drug-likeness (QED) is 0.909. The van der Waals surface area contributed by atoms with Crippen LogP contribution in [-0.2, 0) is 6.54 Å². The number of hydrogen-bond acceptors (Lipinski definition) is 5. The number of nitrogens with one attached hydrogen (secondary N) is 2. The minimum atomic E-state index is -0.255. The van der Waals surface area contributed by atoms with Crippen molar-refractivity contribution in [3.8, 4) is 0 Å². The van der Waals surface area contributed by atoms with Crippen LogP contribution in [0.15, 0.2) is 26.6 Å². The SMILES string of the molecule is CNc1nc(CNC(=O)c2ccc(Br)o2)cs1. The average molecular weight is 316 g/mol. The molecule has 0 saturated heterocycles. The van der Waals surface area contributed by atoms with Gasteiger partial charge >= 0.3 is 0 Å². The summed E-state index contributed by atoms with van der Waals surface area (Å²) < 4.78 is 5.67. The van der Waals surface area contributed by atoms with Crippen molar-refractivity contribution in [2.24, 2.45) is 0 Å². The molecule has 5 nitrogen and oxygen atoms in total. The molecule has 2 aromatic heterocycles. The molecule has 0 bridgehead atoms. The number of thiazole rings is 1. The van der Waals surface area contributed by atoms with Gasteiger partial charge in [-0.25, -0.2) is 4.98 Å². The maximum absolute atomic E-state index is 11.6. The Balaban J connectivity index is 1.92. The summed E-state index contributed by atoms with van der Waals surface area (Å²) in [6, 6.07) is 3.29. The van der Waals surface area contributed by atoms with E-state index in [-0.39, 0.29) is 11.7 Å². The lowest BCUT2D eigenvalue weighted by Gasteiger charge is -1.99. The number of anilines is 1. The molecule has 2 heterocycles. The Morgan fingerprint density at radius 2 is 2.41 bits per heavy atom. The summed E-state index contributed by atoms with van der Waals surface area (Å²) in [6.45, 7) is 0.384. The van der Waals surface area contributed by atoms with Crippen molar-refractivity contribution in [3.63, 3.8) is 0 Å². The van der Waals surface area contributed by atoms with Gasteiger partial charge in [0.15, 0.2) is 15.6 Å². The number of hydrogen-bond donors (Lipinski definition) is 2. The van der Waals surface area contributed by atoms with E-state index in [0.717, 1.165) is 10.8 Å². The Labute approximate surface area is 110 Å². The van der Waals surface area contributed by atoms with Gasteiger partial charge < -0.3 is 15.1 Å². The molecule has 17 heavy (non-hydrogen) atoms. The second kappa shape index (κ2) is 5.33. The Bertz CT molecular complexity index is 523. The zero-order chi connectivity index (χ0) is 12.3. The summed E-state index contributed by atoms with van der Waals surface area (Å²) in [6.07, 6.45) is 0. The van der Waals surface area contributed by atoms with Gasteiger partial charge in [-0.1, -0.05) is 0 Å². The van der Waals surface area contributed by atoms with Gasteiger partial charge in [-0.05, 0) is 28.1 Å². The van der Waals surface area contributed by atoms with E-state index in [1.807, 2.05) is 12.4 Å². The van der Waals surface area contributed by atoms with Crippen LogP contribution in [0, 0.1) is 0 Å². The molecule has 2 rings (SSSR count). The van der Waals surface area contributed by atoms with Crippen LogP contribution in [-0.4, -0.2) is 17.9 Å². The fourth-order valence-corrected chi connectivity index (χ4v) is 2.18. The van der Waals surface area contributed by atoms with Crippen LogP contribution in [0.5, 0.6) is 0 Å². The molecule has 0 unspecified atom stereocenters. The summed E-state index contributed by atoms with van der Waals surface area (Å²) in [5.74, 6) is 0.0238. The fraction of sp³-hybridized carbons (Fsp3) is 0.200. The van der Waals surface area contributed by atoms with Crippen LogP contribution >= 0.6 is 27.3 Å².